The summed E-state index contributed by atoms with van der Waals surface area (Å²) >= 11 is 0. The average Bonchev–Trinajstić information content (AvgIpc) is 3.61. The summed E-state index contributed by atoms with van der Waals surface area (Å²) in [4.78, 5) is 15.1. The monoisotopic (exact) mass is 677 g/mol. The lowest BCUT2D eigenvalue weighted by Gasteiger charge is -2.21. The van der Waals surface area contributed by atoms with Crippen molar-refractivity contribution in [2.75, 3.05) is 0 Å². The maximum Gasteiger partial charge on any atom is 0.164 e. The average molecular weight is 677 g/mol. The first-order chi connectivity index (χ1) is 26.3. The Hall–Kier alpha value is -6.33. The molecule has 9 heteroatoms. The predicted molar refractivity (Wildman–Crippen MR) is 227 cm³/mol. The number of hydrogen-bond acceptors (Lipinski definition) is 4. The molecule has 0 unspecified atom stereocenters. The van der Waals surface area contributed by atoms with Crippen LogP contribution in [-0.4, -0.2) is 54.2 Å². The van der Waals surface area contributed by atoms with Gasteiger partial charge < -0.3 is 4.42 Å². The zero-order valence-electron chi connectivity index (χ0n) is 29.0. The Morgan fingerprint density at radius 1 is 0.352 bits per heavy atom. The second kappa shape index (κ2) is 13.6. The maximum absolute atomic E-state index is 6.39. The van der Waals surface area contributed by atoms with Gasteiger partial charge >= 0.3 is 0 Å². The third-order valence-electron chi connectivity index (χ3n) is 9.86. The Morgan fingerprint density at radius 3 is 1.44 bits per heavy atom. The van der Waals surface area contributed by atoms with Gasteiger partial charge in [-0.3, -0.25) is 0 Å². The molecule has 0 saturated carbocycles. The van der Waals surface area contributed by atoms with Crippen molar-refractivity contribution in [3.05, 3.63) is 146 Å². The van der Waals surface area contributed by atoms with Crippen LogP contribution in [-0.2, 0) is 0 Å². The molecule has 0 spiro atoms. The van der Waals surface area contributed by atoms with Gasteiger partial charge in [0.1, 0.15) is 50.4 Å². The lowest BCUT2D eigenvalue weighted by atomic mass is 9.59. The van der Waals surface area contributed by atoms with Crippen LogP contribution in [0.15, 0.2) is 150 Å². The van der Waals surface area contributed by atoms with Crippen LogP contribution in [0.1, 0.15) is 0 Å². The van der Waals surface area contributed by atoms with Crippen molar-refractivity contribution in [3.63, 3.8) is 0 Å². The smallest absolute Gasteiger partial charge is 0.164 e. The highest BCUT2D eigenvalue weighted by Crippen LogP contribution is 2.38. The molecule has 0 N–H and O–H groups in total. The van der Waals surface area contributed by atoms with Gasteiger partial charge in [0.2, 0.25) is 0 Å². The molecule has 9 rings (SSSR count). The van der Waals surface area contributed by atoms with Crippen LogP contribution in [0.25, 0.3) is 89.5 Å². The molecule has 9 aromatic rings. The molecule has 0 aliphatic rings. The van der Waals surface area contributed by atoms with Gasteiger partial charge in [0, 0.05) is 27.5 Å². The number of fused-ring (bicyclic) bond motifs is 3. The summed E-state index contributed by atoms with van der Waals surface area (Å²) < 4.78 is 6.39. The fourth-order valence-electron chi connectivity index (χ4n) is 6.97. The zero-order chi connectivity index (χ0) is 36.9. The van der Waals surface area contributed by atoms with E-state index >= 15 is 0 Å². The van der Waals surface area contributed by atoms with Crippen molar-refractivity contribution >= 4 is 88.5 Å². The first-order valence-corrected chi connectivity index (χ1v) is 17.4. The Bertz CT molecular complexity index is 2830. The molecule has 0 atom stereocenters. The first-order valence-electron chi connectivity index (χ1n) is 17.4. The summed E-state index contributed by atoms with van der Waals surface area (Å²) in [7, 11) is 31.0. The van der Waals surface area contributed by atoms with Crippen molar-refractivity contribution in [2.24, 2.45) is 0 Å². The molecule has 2 aromatic heterocycles. The van der Waals surface area contributed by atoms with Crippen molar-refractivity contribution in [1.82, 2.24) is 15.0 Å². The fraction of sp³-hybridized carbons (Fsp3) is 0. The lowest BCUT2D eigenvalue weighted by molar-refractivity contribution is 0.669. The Kier molecular flexibility index (Phi) is 8.43. The van der Waals surface area contributed by atoms with Crippen molar-refractivity contribution in [1.29, 1.82) is 0 Å². The molecule has 0 aliphatic heterocycles. The molecule has 0 fully saturated rings. The van der Waals surface area contributed by atoms with E-state index in [2.05, 4.69) is 42.5 Å². The Balaban J connectivity index is 1.15. The minimum atomic E-state index is 0.188. The summed E-state index contributed by atoms with van der Waals surface area (Å²) in [5, 5.41) is 1.85. The molecule has 240 valence electrons. The molecule has 4 nitrogen and oxygen atoms in total. The van der Waals surface area contributed by atoms with Gasteiger partial charge in [-0.2, -0.15) is 0 Å². The number of hydrogen-bond donors (Lipinski definition) is 0. The first kappa shape index (κ1) is 33.5. The SMILES string of the molecule is [B]c1c([B])c([B])c(-c2ccc(-c3ccc4oc5cccc(-c6nc(-c7ccccc7)nc(-c7ccc(-c8ccccc8)cc7)n6)c5c4c3)cc2)c([B])c1[B]. The van der Waals surface area contributed by atoms with E-state index in [0.717, 1.165) is 66.4 Å². The van der Waals surface area contributed by atoms with Crippen LogP contribution in [0.2, 0.25) is 0 Å². The van der Waals surface area contributed by atoms with Gasteiger partial charge in [-0.1, -0.05) is 138 Å². The van der Waals surface area contributed by atoms with E-state index in [1.165, 1.54) is 0 Å². The third kappa shape index (κ3) is 5.86. The molecular formula is C45H24B5N3O. The summed E-state index contributed by atoms with van der Waals surface area (Å²) in [6, 6.07) is 48.6. The van der Waals surface area contributed by atoms with Crippen LogP contribution in [0.4, 0.5) is 0 Å². The Morgan fingerprint density at radius 2 is 0.815 bits per heavy atom. The molecule has 10 radical (unpaired) electrons. The molecule has 0 saturated heterocycles. The molecule has 0 amide bonds. The van der Waals surface area contributed by atoms with Gasteiger partial charge in [-0.05, 0) is 51.6 Å². The normalized spacial score (nSPS) is 11.3. The largest absolute Gasteiger partial charge is 0.456 e. The van der Waals surface area contributed by atoms with E-state index in [1.807, 2.05) is 103 Å². The van der Waals surface area contributed by atoms with Crippen LogP contribution in [0.3, 0.4) is 0 Å². The van der Waals surface area contributed by atoms with Crippen LogP contribution < -0.4 is 27.3 Å². The molecule has 2 heterocycles. The van der Waals surface area contributed by atoms with Gasteiger partial charge in [0.15, 0.2) is 17.5 Å². The van der Waals surface area contributed by atoms with Crippen molar-refractivity contribution in [2.45, 2.75) is 0 Å². The topological polar surface area (TPSA) is 51.8 Å². The van der Waals surface area contributed by atoms with E-state index in [1.54, 1.807) is 0 Å². The van der Waals surface area contributed by atoms with Crippen LogP contribution in [0.5, 0.6) is 0 Å². The standard InChI is InChI=1S/C45H24B5N3O/c46-38-36(39(47)41(49)42(50)40(38)48)28-18-14-27(15-19-28)31-22-23-34-33(24-31)37-32(12-7-13-35(37)54-34)45-52-43(29-10-5-2-6-11-29)51-44(53-45)30-20-16-26(17-21-30)25-8-3-1-4-9-25/h1-24H. The van der Waals surface area contributed by atoms with Crippen molar-refractivity contribution < 1.29 is 4.42 Å². The predicted octanol–water partition coefficient (Wildman–Crippen LogP) is 5.74. The van der Waals surface area contributed by atoms with E-state index < -0.39 is 0 Å². The maximum atomic E-state index is 6.39. The highest BCUT2D eigenvalue weighted by atomic mass is 16.3. The summed E-state index contributed by atoms with van der Waals surface area (Å²) in [6.45, 7) is 0. The summed E-state index contributed by atoms with van der Waals surface area (Å²) in [5.41, 5.74) is 10.9. The summed E-state index contributed by atoms with van der Waals surface area (Å²) in [6.07, 6.45) is 0. The second-order valence-electron chi connectivity index (χ2n) is 13.1. The highest BCUT2D eigenvalue weighted by Gasteiger charge is 2.19. The van der Waals surface area contributed by atoms with Gasteiger partial charge in [-0.15, -0.1) is 16.4 Å². The number of rotatable bonds is 6. The fourth-order valence-corrected chi connectivity index (χ4v) is 6.97. The molecular weight excluding hydrogens is 653 g/mol. The van der Waals surface area contributed by atoms with Crippen molar-refractivity contribution in [3.8, 4) is 67.5 Å². The van der Waals surface area contributed by atoms with Gasteiger partial charge in [0.25, 0.3) is 0 Å². The van der Waals surface area contributed by atoms with Gasteiger partial charge in [0.05, 0.1) is 0 Å². The van der Waals surface area contributed by atoms with E-state index in [9.17, 15) is 0 Å². The summed E-state index contributed by atoms with van der Waals surface area (Å²) in [5.74, 6) is 1.71. The minimum absolute atomic E-state index is 0.188. The van der Waals surface area contributed by atoms with E-state index in [4.69, 9.17) is 58.6 Å². The van der Waals surface area contributed by atoms with Gasteiger partial charge in [-0.25, -0.2) is 15.0 Å². The number of aromatic nitrogens is 3. The second-order valence-corrected chi connectivity index (χ2v) is 13.1. The zero-order valence-corrected chi connectivity index (χ0v) is 29.0. The third-order valence-corrected chi connectivity index (χ3v) is 9.86. The molecule has 7 aromatic carbocycles. The van der Waals surface area contributed by atoms with Crippen LogP contribution in [0, 0.1) is 0 Å². The lowest BCUT2D eigenvalue weighted by Crippen LogP contribution is -2.55. The molecule has 0 aliphatic carbocycles. The molecule has 54 heavy (non-hydrogen) atoms. The highest BCUT2D eigenvalue weighted by molar-refractivity contribution is 6.68. The number of furan rings is 1. The number of nitrogens with zero attached hydrogens (tertiary/aromatic N) is 3. The Labute approximate surface area is 319 Å². The van der Waals surface area contributed by atoms with E-state index in [0.29, 0.717) is 34.0 Å². The van der Waals surface area contributed by atoms with Crippen LogP contribution >= 0.6 is 0 Å². The molecule has 0 bridgehead atoms. The quantitative estimate of drug-likeness (QED) is 0.211. The minimum Gasteiger partial charge on any atom is -0.456 e. The number of benzene rings is 7. The van der Waals surface area contributed by atoms with E-state index in [-0.39, 0.29) is 16.4 Å².